The van der Waals surface area contributed by atoms with Crippen LogP contribution in [0.15, 0.2) is 53.0 Å². The van der Waals surface area contributed by atoms with Crippen LogP contribution in [0.3, 0.4) is 0 Å². The van der Waals surface area contributed by atoms with E-state index in [4.69, 9.17) is 4.74 Å². The summed E-state index contributed by atoms with van der Waals surface area (Å²) in [5.74, 6) is 1.35. The normalized spacial score (nSPS) is 19.1. The van der Waals surface area contributed by atoms with E-state index in [1.807, 2.05) is 41.3 Å². The third-order valence-electron chi connectivity index (χ3n) is 6.44. The van der Waals surface area contributed by atoms with Crippen LogP contribution in [-0.4, -0.2) is 45.2 Å². The van der Waals surface area contributed by atoms with Crippen molar-refractivity contribution in [3.8, 4) is 10.7 Å². The van der Waals surface area contributed by atoms with Gasteiger partial charge in [0, 0.05) is 18.3 Å². The van der Waals surface area contributed by atoms with Gasteiger partial charge in [-0.05, 0) is 49.3 Å². The van der Waals surface area contributed by atoms with Crippen LogP contribution in [0.25, 0.3) is 10.7 Å². The molecule has 174 valence electrons. The summed E-state index contributed by atoms with van der Waals surface area (Å²) in [6, 6.07) is 14.5. The Kier molecular flexibility index (Phi) is 7.43. The first kappa shape index (κ1) is 22.6. The Morgan fingerprint density at radius 3 is 2.64 bits per heavy atom. The zero-order valence-corrected chi connectivity index (χ0v) is 20.4. The number of aromatic nitrogens is 3. The first-order chi connectivity index (χ1) is 16.3. The number of nitrogens with zero attached hydrogens (tertiary/aromatic N) is 4. The molecule has 0 spiro atoms. The molecule has 2 fully saturated rings. The monoisotopic (exact) mass is 482 g/mol. The zero-order valence-electron chi connectivity index (χ0n) is 18.8. The number of anilines is 1. The number of rotatable bonds is 8. The number of amides is 1. The predicted molar refractivity (Wildman–Crippen MR) is 134 cm³/mol. The summed E-state index contributed by atoms with van der Waals surface area (Å²) in [7, 11) is 0. The highest BCUT2D eigenvalue weighted by molar-refractivity contribution is 7.99. The molecule has 3 heterocycles. The molecule has 2 aliphatic rings. The summed E-state index contributed by atoms with van der Waals surface area (Å²) in [6.45, 7) is 1.54. The Balaban J connectivity index is 1.35. The Labute approximate surface area is 203 Å². The molecule has 1 atom stereocenters. The first-order valence-corrected chi connectivity index (χ1v) is 13.7. The summed E-state index contributed by atoms with van der Waals surface area (Å²) in [6.07, 6.45) is 8.11. The van der Waals surface area contributed by atoms with E-state index in [2.05, 4.69) is 26.2 Å². The van der Waals surface area contributed by atoms with Crippen molar-refractivity contribution in [1.82, 2.24) is 14.8 Å². The highest BCUT2D eigenvalue weighted by atomic mass is 32.2. The Morgan fingerprint density at radius 2 is 1.91 bits per heavy atom. The molecule has 1 saturated carbocycles. The Hall–Kier alpha value is -2.16. The lowest BCUT2D eigenvalue weighted by atomic mass is 9.93. The van der Waals surface area contributed by atoms with Crippen LogP contribution in [0.2, 0.25) is 0 Å². The minimum atomic E-state index is 0.141. The fraction of sp³-hybridized carbons (Fsp3) is 0.480. The molecule has 1 aliphatic carbocycles. The van der Waals surface area contributed by atoms with Gasteiger partial charge in [0.1, 0.15) is 0 Å². The quantitative estimate of drug-likeness (QED) is 0.389. The second-order valence-corrected chi connectivity index (χ2v) is 10.6. The van der Waals surface area contributed by atoms with Gasteiger partial charge in [0.05, 0.1) is 23.3 Å². The van der Waals surface area contributed by atoms with Crippen molar-refractivity contribution in [2.45, 2.75) is 68.8 Å². The van der Waals surface area contributed by atoms with Crippen LogP contribution >= 0.6 is 23.1 Å². The second-order valence-electron chi connectivity index (χ2n) is 8.71. The average molecular weight is 483 g/mol. The van der Waals surface area contributed by atoms with Crippen molar-refractivity contribution in [2.75, 3.05) is 17.3 Å². The van der Waals surface area contributed by atoms with Crippen LogP contribution in [0.5, 0.6) is 0 Å². The lowest BCUT2D eigenvalue weighted by Crippen LogP contribution is -2.42. The van der Waals surface area contributed by atoms with Crippen molar-refractivity contribution < 1.29 is 9.53 Å². The van der Waals surface area contributed by atoms with E-state index >= 15 is 0 Å². The number of ether oxygens (including phenoxy) is 1. The van der Waals surface area contributed by atoms with E-state index in [1.54, 1.807) is 11.3 Å². The van der Waals surface area contributed by atoms with E-state index in [1.165, 1.54) is 31.0 Å². The number of para-hydroxylation sites is 1. The van der Waals surface area contributed by atoms with Crippen molar-refractivity contribution in [1.29, 1.82) is 0 Å². The predicted octanol–water partition coefficient (Wildman–Crippen LogP) is 5.64. The van der Waals surface area contributed by atoms with Crippen LogP contribution < -0.4 is 4.90 Å². The van der Waals surface area contributed by atoms with Crippen LogP contribution in [0, 0.1) is 0 Å². The molecule has 1 amide bonds. The van der Waals surface area contributed by atoms with Gasteiger partial charge in [-0.2, -0.15) is 0 Å². The molecule has 3 aromatic rings. The van der Waals surface area contributed by atoms with Crippen LogP contribution in [0.4, 0.5) is 5.69 Å². The summed E-state index contributed by atoms with van der Waals surface area (Å²) in [5.41, 5.74) is 0.995. The summed E-state index contributed by atoms with van der Waals surface area (Å²) < 4.78 is 8.04. The largest absolute Gasteiger partial charge is 0.376 e. The van der Waals surface area contributed by atoms with Gasteiger partial charge in [-0.15, -0.1) is 21.5 Å². The number of thiophene rings is 1. The molecule has 0 radical (unpaired) electrons. The Morgan fingerprint density at radius 1 is 1.06 bits per heavy atom. The molecule has 1 saturated heterocycles. The van der Waals surface area contributed by atoms with Gasteiger partial charge in [0.2, 0.25) is 5.91 Å². The molecule has 1 aromatic carbocycles. The minimum Gasteiger partial charge on any atom is -0.376 e. The second kappa shape index (κ2) is 10.8. The van der Waals surface area contributed by atoms with E-state index in [-0.39, 0.29) is 18.1 Å². The molecule has 5 rings (SSSR count). The van der Waals surface area contributed by atoms with Crippen molar-refractivity contribution >= 4 is 34.7 Å². The highest BCUT2D eigenvalue weighted by Crippen LogP contribution is 2.31. The van der Waals surface area contributed by atoms with Gasteiger partial charge in [0.25, 0.3) is 0 Å². The van der Waals surface area contributed by atoms with Gasteiger partial charge >= 0.3 is 0 Å². The maximum absolute atomic E-state index is 13.5. The standard InChI is InChI=1S/C25H30N4O2S2/c30-23(29(19-9-3-1-4-10-19)20-11-5-2-6-12-20)18-33-25-27-26-24(22-14-8-16-32-22)28(25)17-21-13-7-15-31-21/h1,3-4,8-10,14,16,20-21H,2,5-7,11-13,15,17-18H2. The van der Waals surface area contributed by atoms with Gasteiger partial charge in [-0.1, -0.05) is 55.3 Å². The van der Waals surface area contributed by atoms with E-state index in [0.29, 0.717) is 5.75 Å². The van der Waals surface area contributed by atoms with Gasteiger partial charge in [0.15, 0.2) is 11.0 Å². The van der Waals surface area contributed by atoms with Gasteiger partial charge in [-0.3, -0.25) is 9.36 Å². The topological polar surface area (TPSA) is 60.3 Å². The molecule has 6 nitrogen and oxygen atoms in total. The highest BCUT2D eigenvalue weighted by Gasteiger charge is 2.28. The third kappa shape index (κ3) is 5.34. The lowest BCUT2D eigenvalue weighted by Gasteiger charge is -2.34. The molecule has 1 aliphatic heterocycles. The molecule has 33 heavy (non-hydrogen) atoms. The fourth-order valence-electron chi connectivity index (χ4n) is 4.82. The number of carbonyl (C=O) groups excluding carboxylic acids is 1. The minimum absolute atomic E-state index is 0.141. The first-order valence-electron chi connectivity index (χ1n) is 11.9. The van der Waals surface area contributed by atoms with Crippen LogP contribution in [-0.2, 0) is 16.1 Å². The summed E-state index contributed by atoms with van der Waals surface area (Å²) in [4.78, 5) is 16.7. The number of hydrogen-bond acceptors (Lipinski definition) is 6. The molecular formula is C25H30N4O2S2. The van der Waals surface area contributed by atoms with E-state index in [9.17, 15) is 4.79 Å². The molecule has 1 unspecified atom stereocenters. The maximum atomic E-state index is 13.5. The van der Waals surface area contributed by atoms with E-state index < -0.39 is 0 Å². The zero-order chi connectivity index (χ0) is 22.5. The summed E-state index contributed by atoms with van der Waals surface area (Å²) >= 11 is 3.15. The SMILES string of the molecule is O=C(CSc1nnc(-c2cccs2)n1CC1CCCO1)N(c1ccccc1)C1CCCCC1. The van der Waals surface area contributed by atoms with Gasteiger partial charge in [-0.25, -0.2) is 0 Å². The third-order valence-corrected chi connectivity index (χ3v) is 8.25. The smallest absolute Gasteiger partial charge is 0.237 e. The number of benzene rings is 1. The fourth-order valence-corrected chi connectivity index (χ4v) is 6.35. The van der Waals surface area contributed by atoms with Crippen LogP contribution in [0.1, 0.15) is 44.9 Å². The lowest BCUT2D eigenvalue weighted by molar-refractivity contribution is -0.116. The molecule has 0 N–H and O–H groups in total. The van der Waals surface area contributed by atoms with Crippen molar-refractivity contribution in [3.05, 3.63) is 47.8 Å². The van der Waals surface area contributed by atoms with Crippen molar-refractivity contribution in [3.63, 3.8) is 0 Å². The molecule has 8 heteroatoms. The van der Waals surface area contributed by atoms with E-state index in [0.717, 1.165) is 60.4 Å². The number of thioether (sulfide) groups is 1. The molecular weight excluding hydrogens is 452 g/mol. The summed E-state index contributed by atoms with van der Waals surface area (Å²) in [5, 5.41) is 11.8. The average Bonchev–Trinajstić information content (AvgIpc) is 3.63. The Bertz CT molecular complexity index is 1030. The number of carbonyl (C=O) groups is 1. The number of hydrogen-bond donors (Lipinski definition) is 0. The maximum Gasteiger partial charge on any atom is 0.237 e. The van der Waals surface area contributed by atoms with Crippen molar-refractivity contribution in [2.24, 2.45) is 0 Å². The van der Waals surface area contributed by atoms with Gasteiger partial charge < -0.3 is 9.64 Å². The molecule has 0 bridgehead atoms. The molecule has 2 aromatic heterocycles.